The zero-order valence-corrected chi connectivity index (χ0v) is 17.4. The van der Waals surface area contributed by atoms with Crippen LogP contribution in [-0.4, -0.2) is 49.9 Å². The summed E-state index contributed by atoms with van der Waals surface area (Å²) in [6, 6.07) is 7.59. The minimum atomic E-state index is -3.05. The molecule has 1 aliphatic heterocycles. The topological polar surface area (TPSA) is 61.8 Å². The molecule has 0 radical (unpaired) electrons. The fourth-order valence-corrected chi connectivity index (χ4v) is 3.93. The van der Waals surface area contributed by atoms with E-state index in [-0.39, 0.29) is 29.7 Å². The van der Waals surface area contributed by atoms with Crippen molar-refractivity contribution in [3.8, 4) is 0 Å². The summed E-state index contributed by atoms with van der Waals surface area (Å²) in [5.74, 6) is 0.875. The fourth-order valence-electron chi connectivity index (χ4n) is 2.44. The molecule has 1 fully saturated rings. The third-order valence-corrected chi connectivity index (χ3v) is 6.70. The second-order valence-corrected chi connectivity index (χ2v) is 9.21. The minimum Gasteiger partial charge on any atom is -0.352 e. The normalized spacial score (nSPS) is 19.8. The highest BCUT2D eigenvalue weighted by atomic mass is 127. The number of guanidine groups is 1. The van der Waals surface area contributed by atoms with Gasteiger partial charge in [0.05, 0.1) is 10.5 Å². The third kappa shape index (κ3) is 4.96. The molecule has 0 spiro atoms. The maximum atomic E-state index is 12.1. The highest BCUT2D eigenvalue weighted by molar-refractivity contribution is 14.0. The molecule has 0 aliphatic carbocycles. The van der Waals surface area contributed by atoms with Gasteiger partial charge < -0.3 is 10.2 Å². The van der Waals surface area contributed by atoms with Crippen molar-refractivity contribution in [2.45, 2.75) is 25.1 Å². The Labute approximate surface area is 160 Å². The number of rotatable bonds is 2. The minimum absolute atomic E-state index is 0. The van der Waals surface area contributed by atoms with Gasteiger partial charge in [0.25, 0.3) is 0 Å². The zero-order chi connectivity index (χ0) is 16.4. The van der Waals surface area contributed by atoms with E-state index >= 15 is 0 Å². The molecule has 1 aliphatic rings. The van der Waals surface area contributed by atoms with Crippen molar-refractivity contribution >= 4 is 51.4 Å². The Hall–Kier alpha value is -0.540. The summed E-state index contributed by atoms with van der Waals surface area (Å²) >= 11 is 5.87. The lowest BCUT2D eigenvalue weighted by molar-refractivity contribution is 0.353. The molecule has 2 rings (SSSR count). The maximum absolute atomic E-state index is 12.1. The van der Waals surface area contributed by atoms with Crippen molar-refractivity contribution in [3.05, 3.63) is 34.9 Å². The van der Waals surface area contributed by atoms with Crippen LogP contribution in [0.1, 0.15) is 19.4 Å². The molecule has 23 heavy (non-hydrogen) atoms. The van der Waals surface area contributed by atoms with E-state index in [0.29, 0.717) is 24.7 Å². The molecule has 130 valence electrons. The van der Waals surface area contributed by atoms with Crippen LogP contribution >= 0.6 is 35.6 Å². The first-order chi connectivity index (χ1) is 10.2. The maximum Gasteiger partial charge on any atom is 0.193 e. The number of sulfone groups is 1. The van der Waals surface area contributed by atoms with Crippen LogP contribution in [0.15, 0.2) is 29.3 Å². The Bertz CT molecular complexity index is 660. The highest BCUT2D eigenvalue weighted by Crippen LogP contribution is 2.23. The van der Waals surface area contributed by atoms with Crippen LogP contribution in [-0.2, 0) is 16.4 Å². The van der Waals surface area contributed by atoms with E-state index in [1.54, 1.807) is 20.9 Å². The Kier molecular flexibility index (Phi) is 7.15. The molecule has 1 aromatic rings. The van der Waals surface area contributed by atoms with Crippen molar-refractivity contribution in [2.24, 2.45) is 4.99 Å². The molecule has 0 saturated carbocycles. The number of hydrogen-bond acceptors (Lipinski definition) is 3. The van der Waals surface area contributed by atoms with Crippen molar-refractivity contribution in [1.29, 1.82) is 0 Å². The largest absolute Gasteiger partial charge is 0.352 e. The average molecular weight is 472 g/mol. The first-order valence-corrected chi connectivity index (χ1v) is 9.20. The van der Waals surface area contributed by atoms with Gasteiger partial charge in [-0.15, -0.1) is 24.0 Å². The Morgan fingerprint density at radius 1 is 1.35 bits per heavy atom. The molecule has 0 amide bonds. The summed E-state index contributed by atoms with van der Waals surface area (Å²) in [4.78, 5) is 6.27. The summed E-state index contributed by atoms with van der Waals surface area (Å²) in [5, 5.41) is 3.98. The van der Waals surface area contributed by atoms with E-state index in [1.165, 1.54) is 0 Å². The number of nitrogens with zero attached hydrogens (tertiary/aromatic N) is 2. The smallest absolute Gasteiger partial charge is 0.193 e. The van der Waals surface area contributed by atoms with Crippen molar-refractivity contribution in [2.75, 3.05) is 25.9 Å². The van der Waals surface area contributed by atoms with E-state index in [9.17, 15) is 8.42 Å². The van der Waals surface area contributed by atoms with Crippen LogP contribution in [0.4, 0.5) is 0 Å². The molecule has 5 nitrogen and oxygen atoms in total. The van der Waals surface area contributed by atoms with Crippen LogP contribution in [0.25, 0.3) is 0 Å². The molecule has 0 unspecified atom stereocenters. The lowest BCUT2D eigenvalue weighted by Crippen LogP contribution is -2.57. The van der Waals surface area contributed by atoms with E-state index in [2.05, 4.69) is 10.3 Å². The van der Waals surface area contributed by atoms with Gasteiger partial charge in [0.1, 0.15) is 0 Å². The quantitative estimate of drug-likeness (QED) is 0.409. The summed E-state index contributed by atoms with van der Waals surface area (Å²) < 4.78 is 23.4. The second-order valence-electron chi connectivity index (χ2n) is 6.03. The average Bonchev–Trinajstić information content (AvgIpc) is 2.45. The Morgan fingerprint density at radius 3 is 2.48 bits per heavy atom. The molecule has 8 heteroatoms. The zero-order valence-electron chi connectivity index (χ0n) is 13.5. The first-order valence-electron chi connectivity index (χ1n) is 7.17. The standard InChI is InChI=1S/C15H22ClN3O2S.HI/c1-15(2)11-19(8-9-22(15,20)21)14(17-3)18-10-12-4-6-13(16)7-5-12;/h4-7H,8-11H2,1-3H3,(H,17,18);1H. The van der Waals surface area contributed by atoms with Gasteiger partial charge in [-0.25, -0.2) is 8.42 Å². The molecular formula is C15H23ClIN3O2S. The molecule has 1 heterocycles. The molecule has 1 aromatic carbocycles. The monoisotopic (exact) mass is 471 g/mol. The van der Waals surface area contributed by atoms with Gasteiger partial charge in [0.15, 0.2) is 15.8 Å². The van der Waals surface area contributed by atoms with Gasteiger partial charge >= 0.3 is 0 Å². The highest BCUT2D eigenvalue weighted by Gasteiger charge is 2.40. The molecule has 0 bridgehead atoms. The number of hydrogen-bond donors (Lipinski definition) is 1. The number of halogens is 2. The molecule has 1 N–H and O–H groups in total. The number of aliphatic imine (C=N–C) groups is 1. The number of benzene rings is 1. The van der Waals surface area contributed by atoms with Crippen LogP contribution < -0.4 is 5.32 Å². The molecule has 0 aromatic heterocycles. The van der Waals surface area contributed by atoms with E-state index in [1.807, 2.05) is 29.2 Å². The predicted octanol–water partition coefficient (Wildman–Crippen LogP) is 2.54. The first kappa shape index (κ1) is 20.5. The van der Waals surface area contributed by atoms with Crippen LogP contribution in [0.2, 0.25) is 5.02 Å². The van der Waals surface area contributed by atoms with E-state index < -0.39 is 14.6 Å². The van der Waals surface area contributed by atoms with Crippen molar-refractivity contribution in [1.82, 2.24) is 10.2 Å². The van der Waals surface area contributed by atoms with Crippen molar-refractivity contribution < 1.29 is 8.42 Å². The van der Waals surface area contributed by atoms with Gasteiger partial charge in [0, 0.05) is 31.7 Å². The van der Waals surface area contributed by atoms with Crippen LogP contribution in [0.3, 0.4) is 0 Å². The Balaban J connectivity index is 0.00000264. The molecular weight excluding hydrogens is 449 g/mol. The van der Waals surface area contributed by atoms with Crippen LogP contribution in [0, 0.1) is 0 Å². The lowest BCUT2D eigenvalue weighted by Gasteiger charge is -2.39. The lowest BCUT2D eigenvalue weighted by atomic mass is 10.2. The van der Waals surface area contributed by atoms with Gasteiger partial charge in [0.2, 0.25) is 0 Å². The van der Waals surface area contributed by atoms with Gasteiger partial charge in [-0.1, -0.05) is 23.7 Å². The number of nitrogens with one attached hydrogen (secondary N) is 1. The summed E-state index contributed by atoms with van der Waals surface area (Å²) in [5.41, 5.74) is 1.09. The van der Waals surface area contributed by atoms with E-state index in [4.69, 9.17) is 11.6 Å². The predicted molar refractivity (Wildman–Crippen MR) is 107 cm³/mol. The summed E-state index contributed by atoms with van der Waals surface area (Å²) in [6.45, 7) is 5.05. The molecule has 1 saturated heterocycles. The Morgan fingerprint density at radius 2 is 1.96 bits per heavy atom. The van der Waals surface area contributed by atoms with Crippen molar-refractivity contribution in [3.63, 3.8) is 0 Å². The second kappa shape index (κ2) is 8.02. The van der Waals surface area contributed by atoms with E-state index in [0.717, 1.165) is 11.5 Å². The molecule has 0 atom stereocenters. The van der Waals surface area contributed by atoms with Gasteiger partial charge in [-0.3, -0.25) is 4.99 Å². The third-order valence-electron chi connectivity index (χ3n) is 3.92. The van der Waals surface area contributed by atoms with Gasteiger partial charge in [-0.05, 0) is 31.5 Å². The summed E-state index contributed by atoms with van der Waals surface area (Å²) in [7, 11) is -1.34. The SMILES string of the molecule is CN=C(NCc1ccc(Cl)cc1)N1CCS(=O)(=O)C(C)(C)C1.I. The van der Waals surface area contributed by atoms with Crippen LogP contribution in [0.5, 0.6) is 0 Å². The van der Waals surface area contributed by atoms with Gasteiger partial charge in [-0.2, -0.15) is 0 Å². The summed E-state index contributed by atoms with van der Waals surface area (Å²) in [6.07, 6.45) is 0. The fraction of sp³-hybridized carbons (Fsp3) is 0.533.